The van der Waals surface area contributed by atoms with Gasteiger partial charge in [0.15, 0.2) is 0 Å². The van der Waals surface area contributed by atoms with Crippen LogP contribution in [0.5, 0.6) is 5.75 Å². The van der Waals surface area contributed by atoms with E-state index in [1.54, 1.807) is 0 Å². The molecule has 3 rings (SSSR count). The SMILES string of the molecule is NS(=O)(=O)c1ccc(OCC2CC3CCC2C3)c(Cl)c1Cl. The number of fused-ring (bicyclic) bond motifs is 2. The highest BCUT2D eigenvalue weighted by molar-refractivity contribution is 7.89. The Bertz CT molecular complexity index is 662. The number of sulfonamides is 1. The van der Waals surface area contributed by atoms with Gasteiger partial charge in [0.2, 0.25) is 10.0 Å². The number of primary sulfonamides is 1. The van der Waals surface area contributed by atoms with E-state index in [4.69, 9.17) is 33.1 Å². The smallest absolute Gasteiger partial charge is 0.239 e. The average molecular weight is 350 g/mol. The molecule has 1 aromatic rings. The van der Waals surface area contributed by atoms with E-state index in [2.05, 4.69) is 0 Å². The van der Waals surface area contributed by atoms with E-state index in [9.17, 15) is 8.42 Å². The molecule has 2 aliphatic carbocycles. The van der Waals surface area contributed by atoms with Crippen LogP contribution in [-0.2, 0) is 10.0 Å². The molecular formula is C14H17Cl2NO3S. The lowest BCUT2D eigenvalue weighted by atomic mass is 9.89. The highest BCUT2D eigenvalue weighted by atomic mass is 35.5. The molecule has 0 amide bonds. The van der Waals surface area contributed by atoms with Gasteiger partial charge >= 0.3 is 0 Å². The van der Waals surface area contributed by atoms with Gasteiger partial charge in [0.1, 0.15) is 15.7 Å². The van der Waals surface area contributed by atoms with Crippen LogP contribution >= 0.6 is 23.2 Å². The molecule has 2 N–H and O–H groups in total. The van der Waals surface area contributed by atoms with Gasteiger partial charge in [-0.25, -0.2) is 13.6 Å². The van der Waals surface area contributed by atoms with Crippen LogP contribution in [0.2, 0.25) is 10.0 Å². The Labute approximate surface area is 134 Å². The topological polar surface area (TPSA) is 69.4 Å². The predicted molar refractivity (Wildman–Crippen MR) is 82.3 cm³/mol. The van der Waals surface area contributed by atoms with Crippen LogP contribution in [0.1, 0.15) is 25.7 Å². The van der Waals surface area contributed by atoms with E-state index in [-0.39, 0.29) is 14.9 Å². The van der Waals surface area contributed by atoms with Crippen molar-refractivity contribution in [1.82, 2.24) is 0 Å². The summed E-state index contributed by atoms with van der Waals surface area (Å²) in [6, 6.07) is 2.85. The second kappa shape index (κ2) is 5.61. The first-order chi connectivity index (χ1) is 9.86. The zero-order chi connectivity index (χ0) is 15.2. The van der Waals surface area contributed by atoms with Crippen LogP contribution in [0.3, 0.4) is 0 Å². The maximum atomic E-state index is 11.4. The molecule has 0 heterocycles. The first-order valence-electron chi connectivity index (χ1n) is 7.00. The van der Waals surface area contributed by atoms with Crippen LogP contribution in [0, 0.1) is 17.8 Å². The minimum Gasteiger partial charge on any atom is -0.492 e. The van der Waals surface area contributed by atoms with Crippen LogP contribution in [-0.4, -0.2) is 15.0 Å². The average Bonchev–Trinajstić information content (AvgIpc) is 3.01. The van der Waals surface area contributed by atoms with Gasteiger partial charge in [0, 0.05) is 0 Å². The fourth-order valence-corrected chi connectivity index (χ4v) is 4.99. The molecule has 0 aliphatic heterocycles. The third-order valence-electron chi connectivity index (χ3n) is 4.66. The summed E-state index contributed by atoms with van der Waals surface area (Å²) in [6.07, 6.45) is 5.16. The number of rotatable bonds is 4. The third kappa shape index (κ3) is 3.02. The Morgan fingerprint density at radius 2 is 1.95 bits per heavy atom. The summed E-state index contributed by atoms with van der Waals surface area (Å²) < 4.78 is 28.5. The quantitative estimate of drug-likeness (QED) is 0.904. The second-order valence-electron chi connectivity index (χ2n) is 5.98. The summed E-state index contributed by atoms with van der Waals surface area (Å²) in [6.45, 7) is 0.603. The zero-order valence-electron chi connectivity index (χ0n) is 11.4. The second-order valence-corrected chi connectivity index (χ2v) is 8.27. The summed E-state index contributed by atoms with van der Waals surface area (Å²) in [4.78, 5) is -0.179. The molecule has 0 radical (unpaired) electrons. The Morgan fingerprint density at radius 1 is 1.19 bits per heavy atom. The Morgan fingerprint density at radius 3 is 2.52 bits per heavy atom. The first kappa shape index (κ1) is 15.4. The van der Waals surface area contributed by atoms with Crippen molar-refractivity contribution in [2.45, 2.75) is 30.6 Å². The summed E-state index contributed by atoms with van der Waals surface area (Å²) in [5, 5.41) is 5.10. The van der Waals surface area contributed by atoms with Gasteiger partial charge in [0.25, 0.3) is 0 Å². The summed E-state index contributed by atoms with van der Waals surface area (Å²) in [5.74, 6) is 2.59. The van der Waals surface area contributed by atoms with Crippen LogP contribution in [0.25, 0.3) is 0 Å². The fourth-order valence-electron chi connectivity index (χ4n) is 3.62. The Kier molecular flexibility index (Phi) is 4.12. The van der Waals surface area contributed by atoms with Crippen molar-refractivity contribution in [1.29, 1.82) is 0 Å². The molecule has 2 aliphatic rings. The molecule has 2 bridgehead atoms. The van der Waals surface area contributed by atoms with Gasteiger partial charge in [-0.1, -0.05) is 29.6 Å². The Hall–Kier alpha value is -0.490. The molecule has 4 nitrogen and oxygen atoms in total. The zero-order valence-corrected chi connectivity index (χ0v) is 13.7. The normalized spacial score (nSPS) is 28.0. The van der Waals surface area contributed by atoms with Crippen molar-refractivity contribution in [2.75, 3.05) is 6.61 Å². The van der Waals surface area contributed by atoms with E-state index in [0.29, 0.717) is 18.3 Å². The number of ether oxygens (including phenoxy) is 1. The lowest BCUT2D eigenvalue weighted by Crippen LogP contribution is -2.19. The maximum absolute atomic E-state index is 11.4. The molecular weight excluding hydrogens is 333 g/mol. The first-order valence-corrected chi connectivity index (χ1v) is 9.30. The summed E-state index contributed by atoms with van der Waals surface area (Å²) in [7, 11) is -3.88. The van der Waals surface area contributed by atoms with Gasteiger partial charge in [-0.05, 0) is 49.1 Å². The molecule has 0 spiro atoms. The molecule has 2 saturated carbocycles. The third-order valence-corrected chi connectivity index (χ3v) is 6.59. The number of halogens is 2. The Balaban J connectivity index is 1.73. The maximum Gasteiger partial charge on any atom is 0.239 e. The molecule has 21 heavy (non-hydrogen) atoms. The van der Waals surface area contributed by atoms with Crippen LogP contribution < -0.4 is 9.88 Å². The monoisotopic (exact) mass is 349 g/mol. The van der Waals surface area contributed by atoms with E-state index >= 15 is 0 Å². The van der Waals surface area contributed by atoms with Gasteiger partial charge in [-0.15, -0.1) is 0 Å². The molecule has 0 saturated heterocycles. The lowest BCUT2D eigenvalue weighted by molar-refractivity contribution is 0.195. The van der Waals surface area contributed by atoms with Gasteiger partial charge in [-0.2, -0.15) is 0 Å². The molecule has 116 valence electrons. The van der Waals surface area contributed by atoms with Gasteiger partial charge in [0.05, 0.1) is 11.6 Å². The molecule has 2 fully saturated rings. The highest BCUT2D eigenvalue weighted by Gasteiger charge is 2.39. The molecule has 0 aromatic heterocycles. The number of hydrogen-bond donors (Lipinski definition) is 1. The minimum absolute atomic E-state index is 0.0791. The van der Waals surface area contributed by atoms with Crippen LogP contribution in [0.4, 0.5) is 0 Å². The summed E-state index contributed by atoms with van der Waals surface area (Å²) in [5.41, 5.74) is 0. The van der Waals surface area contributed by atoms with Crippen molar-refractivity contribution in [3.63, 3.8) is 0 Å². The molecule has 7 heteroatoms. The van der Waals surface area contributed by atoms with Crippen molar-refractivity contribution in [3.05, 3.63) is 22.2 Å². The van der Waals surface area contributed by atoms with E-state index in [1.165, 1.54) is 37.8 Å². The van der Waals surface area contributed by atoms with Crippen molar-refractivity contribution < 1.29 is 13.2 Å². The van der Waals surface area contributed by atoms with E-state index in [1.807, 2.05) is 0 Å². The molecule has 1 aromatic carbocycles. The van der Waals surface area contributed by atoms with Crippen molar-refractivity contribution in [3.8, 4) is 5.75 Å². The van der Waals surface area contributed by atoms with Crippen LogP contribution in [0.15, 0.2) is 17.0 Å². The number of nitrogens with two attached hydrogens (primary N) is 1. The standard InChI is InChI=1S/C14H17Cl2NO3S/c15-13-11(3-4-12(14(13)16)21(17,18)19)20-7-10-6-8-1-2-9(10)5-8/h3-4,8-10H,1-2,5-7H2,(H2,17,18,19). The van der Waals surface area contributed by atoms with Gasteiger partial charge < -0.3 is 4.74 Å². The van der Waals surface area contributed by atoms with Crippen molar-refractivity contribution in [2.24, 2.45) is 22.9 Å². The van der Waals surface area contributed by atoms with Gasteiger partial charge in [-0.3, -0.25) is 0 Å². The number of hydrogen-bond acceptors (Lipinski definition) is 3. The highest BCUT2D eigenvalue weighted by Crippen LogP contribution is 2.48. The fraction of sp³-hybridized carbons (Fsp3) is 0.571. The molecule has 3 unspecified atom stereocenters. The minimum atomic E-state index is -3.88. The van der Waals surface area contributed by atoms with E-state index in [0.717, 1.165) is 11.8 Å². The summed E-state index contributed by atoms with van der Waals surface area (Å²) >= 11 is 12.1. The number of benzene rings is 1. The predicted octanol–water partition coefficient (Wildman–Crippen LogP) is 3.46. The van der Waals surface area contributed by atoms with E-state index < -0.39 is 10.0 Å². The largest absolute Gasteiger partial charge is 0.492 e. The molecule has 3 atom stereocenters. The lowest BCUT2D eigenvalue weighted by Gasteiger charge is -2.22. The van der Waals surface area contributed by atoms with Crippen molar-refractivity contribution >= 4 is 33.2 Å².